The largest absolute Gasteiger partial charge is 0.350 e. The van der Waals surface area contributed by atoms with Crippen LogP contribution in [0.5, 0.6) is 0 Å². The fraction of sp³-hybridized carbons (Fsp3) is 0.520. The van der Waals surface area contributed by atoms with E-state index in [0.717, 1.165) is 16.1 Å². The van der Waals surface area contributed by atoms with E-state index in [1.54, 1.807) is 6.92 Å². The molecule has 0 radical (unpaired) electrons. The maximum atomic E-state index is 13.6. The number of benzene rings is 1. The van der Waals surface area contributed by atoms with E-state index in [9.17, 15) is 36.8 Å². The highest BCUT2D eigenvalue weighted by Gasteiger charge is 2.58. The summed E-state index contributed by atoms with van der Waals surface area (Å²) in [5.41, 5.74) is -1.63. The SMILES string of the molecule is Cc1cc(CNC(=O)C2N=C3N(CC4(NS(C)(=O)=O)CCC3(NC(=O)C(=O)N(C)C)CC4)C(=O)C2=O)ccc1F. The van der Waals surface area contributed by atoms with E-state index in [2.05, 4.69) is 20.3 Å². The minimum Gasteiger partial charge on any atom is -0.350 e. The Morgan fingerprint density at radius 3 is 2.38 bits per heavy atom. The lowest BCUT2D eigenvalue weighted by Gasteiger charge is -2.42. The van der Waals surface area contributed by atoms with Crippen LogP contribution in [0.15, 0.2) is 23.2 Å². The minimum absolute atomic E-state index is 0.0624. The predicted octanol–water partition coefficient (Wildman–Crippen LogP) is -1.25. The Morgan fingerprint density at radius 2 is 1.80 bits per heavy atom. The van der Waals surface area contributed by atoms with Crippen molar-refractivity contribution >= 4 is 45.3 Å². The number of likely N-dealkylation sites (N-methyl/N-ethyl adjacent to an activating group) is 1. The first kappa shape index (κ1) is 29.3. The third kappa shape index (κ3) is 5.61. The summed E-state index contributed by atoms with van der Waals surface area (Å²) < 4.78 is 40.6. The van der Waals surface area contributed by atoms with Gasteiger partial charge in [0.25, 0.3) is 17.6 Å². The highest BCUT2D eigenvalue weighted by Crippen LogP contribution is 2.42. The predicted molar refractivity (Wildman–Crippen MR) is 140 cm³/mol. The van der Waals surface area contributed by atoms with Gasteiger partial charge in [-0.05, 0) is 49.8 Å². The lowest BCUT2D eigenvalue weighted by molar-refractivity contribution is -0.146. The van der Waals surface area contributed by atoms with Crippen molar-refractivity contribution in [3.8, 4) is 0 Å². The van der Waals surface area contributed by atoms with Crippen LogP contribution in [0.4, 0.5) is 4.39 Å². The number of Topliss-reactive ketones (excluding diaryl/α,β-unsaturated/α-hetero) is 1. The van der Waals surface area contributed by atoms with Gasteiger partial charge in [0.1, 0.15) is 11.7 Å². The highest BCUT2D eigenvalue weighted by molar-refractivity contribution is 7.88. The van der Waals surface area contributed by atoms with Crippen LogP contribution in [0, 0.1) is 12.7 Å². The molecule has 3 heterocycles. The summed E-state index contributed by atoms with van der Waals surface area (Å²) in [5.74, 6) is -5.41. The van der Waals surface area contributed by atoms with Crippen molar-refractivity contribution < 1.29 is 36.8 Å². The number of halogens is 1. The van der Waals surface area contributed by atoms with Crippen LogP contribution < -0.4 is 15.4 Å². The first-order valence-electron chi connectivity index (χ1n) is 12.6. The first-order valence-corrected chi connectivity index (χ1v) is 14.5. The van der Waals surface area contributed by atoms with Crippen LogP contribution in [0.2, 0.25) is 0 Å². The average molecular weight is 579 g/mol. The molecule has 4 aliphatic rings. The topological polar surface area (TPSA) is 174 Å². The molecule has 1 aromatic rings. The van der Waals surface area contributed by atoms with E-state index in [1.807, 2.05) is 0 Å². The summed E-state index contributed by atoms with van der Waals surface area (Å²) >= 11 is 0. The smallest absolute Gasteiger partial charge is 0.311 e. The number of hydrogen-bond acceptors (Lipinski definition) is 8. The summed E-state index contributed by atoms with van der Waals surface area (Å²) in [6.45, 7) is 1.25. The Kier molecular flexibility index (Phi) is 7.58. The van der Waals surface area contributed by atoms with Gasteiger partial charge in [0, 0.05) is 27.2 Å². The Bertz CT molecular complexity index is 1430. The number of aryl methyl sites for hydroxylation is 1. The Labute approximate surface area is 230 Å². The lowest BCUT2D eigenvalue weighted by atomic mass is 9.74. The van der Waals surface area contributed by atoms with Gasteiger partial charge in [0.2, 0.25) is 10.0 Å². The molecule has 0 spiro atoms. The van der Waals surface area contributed by atoms with Gasteiger partial charge in [-0.15, -0.1) is 0 Å². The summed E-state index contributed by atoms with van der Waals surface area (Å²) in [6, 6.07) is 2.47. The zero-order chi connectivity index (χ0) is 29.6. The molecule has 3 N–H and O–H groups in total. The number of fused-ring (bicyclic) bond motifs is 2. The van der Waals surface area contributed by atoms with Crippen LogP contribution in [-0.2, 0) is 40.5 Å². The number of carbonyl (C=O) groups is 5. The van der Waals surface area contributed by atoms with E-state index >= 15 is 0 Å². The molecule has 2 bridgehead atoms. The number of amidine groups is 1. The van der Waals surface area contributed by atoms with Gasteiger partial charge in [-0.3, -0.25) is 28.9 Å². The maximum Gasteiger partial charge on any atom is 0.311 e. The average Bonchev–Trinajstić information content (AvgIpc) is 3.07. The minimum atomic E-state index is -3.73. The van der Waals surface area contributed by atoms with Crippen molar-refractivity contribution in [2.24, 2.45) is 4.99 Å². The Hall–Kier alpha value is -3.72. The molecule has 3 aliphatic heterocycles. The molecule has 1 saturated carbocycles. The van der Waals surface area contributed by atoms with Gasteiger partial charge in [-0.1, -0.05) is 12.1 Å². The van der Waals surface area contributed by atoms with Crippen molar-refractivity contribution in [2.75, 3.05) is 26.9 Å². The molecule has 13 nitrogen and oxygen atoms in total. The number of ketones is 1. The molecule has 3 fully saturated rings. The van der Waals surface area contributed by atoms with E-state index in [4.69, 9.17) is 0 Å². The second-order valence-corrected chi connectivity index (χ2v) is 12.6. The van der Waals surface area contributed by atoms with Gasteiger partial charge < -0.3 is 15.5 Å². The number of carbonyl (C=O) groups excluding carboxylic acids is 5. The second-order valence-electron chi connectivity index (χ2n) is 10.8. The fourth-order valence-corrected chi connectivity index (χ4v) is 6.48. The van der Waals surface area contributed by atoms with Crippen LogP contribution in [-0.4, -0.2) is 97.5 Å². The molecule has 216 valence electrons. The normalized spacial score (nSPS) is 26.0. The molecule has 40 heavy (non-hydrogen) atoms. The van der Waals surface area contributed by atoms with Gasteiger partial charge in [0.05, 0.1) is 17.3 Å². The van der Waals surface area contributed by atoms with Crippen LogP contribution in [0.3, 0.4) is 0 Å². The van der Waals surface area contributed by atoms with Gasteiger partial charge in [-0.2, -0.15) is 0 Å². The van der Waals surface area contributed by atoms with Crippen LogP contribution >= 0.6 is 0 Å². The summed E-state index contributed by atoms with van der Waals surface area (Å²) in [4.78, 5) is 71.3. The molecule has 0 aromatic heterocycles. The lowest BCUT2D eigenvalue weighted by Crippen LogP contribution is -2.65. The zero-order valence-corrected chi connectivity index (χ0v) is 23.4. The summed E-state index contributed by atoms with van der Waals surface area (Å²) in [7, 11) is -0.948. The number of nitrogens with zero attached hydrogens (tertiary/aromatic N) is 3. The van der Waals surface area contributed by atoms with Crippen LogP contribution in [0.1, 0.15) is 36.8 Å². The van der Waals surface area contributed by atoms with E-state index < -0.39 is 62.4 Å². The molecule has 4 amide bonds. The third-order valence-electron chi connectivity index (χ3n) is 7.45. The first-order chi connectivity index (χ1) is 18.6. The van der Waals surface area contributed by atoms with Gasteiger partial charge in [-0.25, -0.2) is 22.5 Å². The van der Waals surface area contributed by atoms with E-state index in [1.165, 1.54) is 32.3 Å². The van der Waals surface area contributed by atoms with Crippen LogP contribution in [0.25, 0.3) is 0 Å². The number of rotatable bonds is 6. The summed E-state index contributed by atoms with van der Waals surface area (Å²) in [5, 5.41) is 5.22. The Morgan fingerprint density at radius 1 is 1.15 bits per heavy atom. The molecule has 1 aliphatic carbocycles. The van der Waals surface area contributed by atoms with Gasteiger partial charge in [0.15, 0.2) is 6.04 Å². The molecule has 2 saturated heterocycles. The van der Waals surface area contributed by atoms with Crippen molar-refractivity contribution in [2.45, 2.75) is 56.3 Å². The Balaban J connectivity index is 1.71. The van der Waals surface area contributed by atoms with E-state index in [0.29, 0.717) is 11.1 Å². The molecular formula is C25H31FN6O7S. The van der Waals surface area contributed by atoms with Crippen molar-refractivity contribution in [1.82, 2.24) is 25.2 Å². The monoisotopic (exact) mass is 578 g/mol. The molecule has 15 heteroatoms. The van der Waals surface area contributed by atoms with Gasteiger partial charge >= 0.3 is 11.8 Å². The molecule has 1 atom stereocenters. The number of nitrogens with one attached hydrogen (secondary N) is 3. The number of aliphatic imine (C=N–C) groups is 1. The van der Waals surface area contributed by atoms with Crippen molar-refractivity contribution in [3.05, 3.63) is 35.1 Å². The molecule has 1 aromatic carbocycles. The highest BCUT2D eigenvalue weighted by atomic mass is 32.2. The molecule has 5 rings (SSSR count). The quantitative estimate of drug-likeness (QED) is 0.279. The number of sulfonamides is 1. The third-order valence-corrected chi connectivity index (χ3v) is 8.26. The summed E-state index contributed by atoms with van der Waals surface area (Å²) in [6.07, 6.45) is 1.47. The standard InChI is InChI=1S/C25H31FN6O7S/c1-14-11-15(5-6-16(14)26)12-27-19(34)17-18(33)21(36)32-13-24(30-40(4,38)39)7-9-25(10-8-24,23(32)28-17)29-20(35)22(37)31(2)3/h5-6,11,17,30H,7-10,12-13H2,1-4H3,(H,27,34)(H,29,35). The fourth-order valence-electron chi connectivity index (χ4n) is 5.43. The zero-order valence-electron chi connectivity index (χ0n) is 22.5. The number of amides is 4. The second kappa shape index (κ2) is 10.4. The molecule has 1 unspecified atom stereocenters. The number of hydrogen-bond donors (Lipinski definition) is 3. The molecular weight excluding hydrogens is 547 g/mol. The van der Waals surface area contributed by atoms with Crippen molar-refractivity contribution in [3.63, 3.8) is 0 Å². The van der Waals surface area contributed by atoms with Crippen molar-refractivity contribution in [1.29, 1.82) is 0 Å². The maximum absolute atomic E-state index is 13.6. The van der Waals surface area contributed by atoms with E-state index in [-0.39, 0.29) is 44.6 Å².